The number of nitrogens with one attached hydrogen (secondary N) is 1. The second-order valence-corrected chi connectivity index (χ2v) is 11.5. The topological polar surface area (TPSA) is 145 Å². The Morgan fingerprint density at radius 2 is 1.64 bits per heavy atom. The molecule has 0 spiro atoms. The number of hydrogen-bond acceptors (Lipinski definition) is 9. The minimum atomic E-state index is -4.20. The number of anilines is 1. The second kappa shape index (κ2) is 12.7. The minimum Gasteiger partial charge on any atom is -0.490 e. The molecule has 0 unspecified atom stereocenters. The molecule has 0 atom stereocenters. The molecule has 4 amide bonds. The Labute approximate surface area is 255 Å². The number of imide groups is 2. The number of nitrogens with zero attached hydrogens (tertiary/aromatic N) is 1. The fourth-order valence-electron chi connectivity index (χ4n) is 3.90. The van der Waals surface area contributed by atoms with Crippen LogP contribution in [0.15, 0.2) is 71.1 Å². The van der Waals surface area contributed by atoms with Gasteiger partial charge in [0.1, 0.15) is 10.5 Å². The molecule has 42 heavy (non-hydrogen) atoms. The first kappa shape index (κ1) is 30.7. The van der Waals surface area contributed by atoms with Gasteiger partial charge in [0.05, 0.1) is 28.0 Å². The molecular formula is C29H25IN2O9S. The van der Waals surface area contributed by atoms with Crippen molar-refractivity contribution in [2.75, 3.05) is 18.1 Å². The molecular weight excluding hydrogens is 679 g/mol. The van der Waals surface area contributed by atoms with E-state index in [4.69, 9.17) is 13.7 Å². The molecule has 4 rings (SSSR count). The van der Waals surface area contributed by atoms with Gasteiger partial charge >= 0.3 is 22.1 Å². The summed E-state index contributed by atoms with van der Waals surface area (Å²) >= 11 is 1.87. The number of carbonyl (C=O) groups excluding carboxylic acids is 4. The molecule has 3 aromatic carbocycles. The molecule has 0 radical (unpaired) electrons. The number of esters is 1. The fourth-order valence-corrected chi connectivity index (χ4v) is 5.74. The summed E-state index contributed by atoms with van der Waals surface area (Å²) in [6.07, 6.45) is 1.26. The first-order valence-corrected chi connectivity index (χ1v) is 15.1. The number of halogens is 1. The maximum Gasteiger partial charge on any atom is 0.339 e. The number of benzene rings is 3. The van der Waals surface area contributed by atoms with Crippen LogP contribution in [0.3, 0.4) is 0 Å². The predicted molar refractivity (Wildman–Crippen MR) is 161 cm³/mol. The number of hydrogen-bond donors (Lipinski definition) is 1. The molecule has 1 N–H and O–H groups in total. The van der Waals surface area contributed by atoms with Crippen LogP contribution in [0.5, 0.6) is 11.5 Å². The standard InChI is InChI=1S/C29H25IN2O9S/c1-4-39-24-16-18(15-23(30)25(24)41-42(37,38)21-12-6-17(3)7-13-21)14-22-26(33)31-29(36)32(27(22)34)20-10-8-19(9-11-20)28(35)40-5-2/h6-16H,4-5H2,1-3H3,(H,31,33,36)/b22-14+. The Balaban J connectivity index is 1.68. The summed E-state index contributed by atoms with van der Waals surface area (Å²) < 4.78 is 42.3. The van der Waals surface area contributed by atoms with Crippen molar-refractivity contribution in [2.45, 2.75) is 25.7 Å². The highest BCUT2D eigenvalue weighted by Crippen LogP contribution is 2.37. The average molecular weight is 704 g/mol. The summed E-state index contributed by atoms with van der Waals surface area (Å²) in [5, 5.41) is 2.14. The fraction of sp³-hybridized carbons (Fsp3) is 0.172. The van der Waals surface area contributed by atoms with E-state index in [-0.39, 0.29) is 46.4 Å². The zero-order valence-corrected chi connectivity index (χ0v) is 25.6. The average Bonchev–Trinajstić information content (AvgIpc) is 2.94. The molecule has 0 saturated carbocycles. The summed E-state index contributed by atoms with van der Waals surface area (Å²) in [6, 6.07) is 13.7. The van der Waals surface area contributed by atoms with Gasteiger partial charge in [-0.25, -0.2) is 14.5 Å². The third-order valence-corrected chi connectivity index (χ3v) is 7.92. The zero-order chi connectivity index (χ0) is 30.6. The van der Waals surface area contributed by atoms with Crippen LogP contribution in [0, 0.1) is 10.5 Å². The maximum absolute atomic E-state index is 13.4. The molecule has 1 heterocycles. The Bertz CT molecular complexity index is 1700. The van der Waals surface area contributed by atoms with E-state index >= 15 is 0 Å². The summed E-state index contributed by atoms with van der Waals surface area (Å²) in [5.74, 6) is -2.37. The van der Waals surface area contributed by atoms with Crippen LogP contribution in [0.1, 0.15) is 35.3 Å². The van der Waals surface area contributed by atoms with Gasteiger partial charge in [0.15, 0.2) is 11.5 Å². The Hall–Kier alpha value is -4.24. The number of ether oxygens (including phenoxy) is 2. The van der Waals surface area contributed by atoms with Gasteiger partial charge in [-0.1, -0.05) is 17.7 Å². The highest BCUT2D eigenvalue weighted by Gasteiger charge is 2.37. The summed E-state index contributed by atoms with van der Waals surface area (Å²) in [7, 11) is -4.20. The van der Waals surface area contributed by atoms with E-state index in [2.05, 4.69) is 5.32 Å². The van der Waals surface area contributed by atoms with Crippen LogP contribution in [-0.4, -0.2) is 45.4 Å². The highest BCUT2D eigenvalue weighted by molar-refractivity contribution is 14.1. The zero-order valence-electron chi connectivity index (χ0n) is 22.7. The van der Waals surface area contributed by atoms with Crippen molar-refractivity contribution >= 4 is 68.3 Å². The summed E-state index contributed by atoms with van der Waals surface area (Å²) in [5.41, 5.74) is 1.18. The number of rotatable bonds is 9. The van der Waals surface area contributed by atoms with E-state index in [9.17, 15) is 27.6 Å². The van der Waals surface area contributed by atoms with E-state index < -0.39 is 33.9 Å². The molecule has 0 bridgehead atoms. The van der Waals surface area contributed by atoms with Gasteiger partial charge in [-0.3, -0.25) is 14.9 Å². The second-order valence-electron chi connectivity index (χ2n) is 8.84. The molecule has 0 aliphatic carbocycles. The Kier molecular flexibility index (Phi) is 9.31. The van der Waals surface area contributed by atoms with E-state index in [1.165, 1.54) is 54.6 Å². The lowest BCUT2D eigenvalue weighted by Crippen LogP contribution is -2.54. The van der Waals surface area contributed by atoms with Crippen LogP contribution in [-0.2, 0) is 24.4 Å². The van der Waals surface area contributed by atoms with Crippen molar-refractivity contribution in [1.82, 2.24) is 5.32 Å². The van der Waals surface area contributed by atoms with Crippen molar-refractivity contribution in [1.29, 1.82) is 0 Å². The summed E-state index contributed by atoms with van der Waals surface area (Å²) in [6.45, 7) is 5.55. The highest BCUT2D eigenvalue weighted by atomic mass is 127. The Morgan fingerprint density at radius 3 is 2.26 bits per heavy atom. The van der Waals surface area contributed by atoms with Gasteiger partial charge < -0.3 is 13.7 Å². The number of urea groups is 1. The largest absolute Gasteiger partial charge is 0.490 e. The van der Waals surface area contributed by atoms with E-state index in [1.807, 2.05) is 29.5 Å². The molecule has 1 saturated heterocycles. The van der Waals surface area contributed by atoms with Gasteiger partial charge in [-0.15, -0.1) is 0 Å². The van der Waals surface area contributed by atoms with Crippen LogP contribution < -0.4 is 19.1 Å². The van der Waals surface area contributed by atoms with Crippen molar-refractivity contribution in [3.8, 4) is 11.5 Å². The Morgan fingerprint density at radius 1 is 0.976 bits per heavy atom. The van der Waals surface area contributed by atoms with E-state index in [1.54, 1.807) is 26.0 Å². The summed E-state index contributed by atoms with van der Waals surface area (Å²) in [4.78, 5) is 51.3. The van der Waals surface area contributed by atoms with Crippen LogP contribution in [0.2, 0.25) is 0 Å². The van der Waals surface area contributed by atoms with Gasteiger partial charge in [-0.2, -0.15) is 8.42 Å². The smallest absolute Gasteiger partial charge is 0.339 e. The van der Waals surface area contributed by atoms with Crippen LogP contribution in [0.4, 0.5) is 10.5 Å². The number of barbiturate groups is 1. The maximum atomic E-state index is 13.4. The third-order valence-electron chi connectivity index (χ3n) is 5.88. The first-order chi connectivity index (χ1) is 19.9. The predicted octanol–water partition coefficient (Wildman–Crippen LogP) is 4.61. The number of carbonyl (C=O) groups is 4. The van der Waals surface area contributed by atoms with Gasteiger partial charge in [-0.05, 0) is 104 Å². The van der Waals surface area contributed by atoms with Gasteiger partial charge in [0, 0.05) is 0 Å². The molecule has 1 fully saturated rings. The SMILES string of the molecule is CCOC(=O)c1ccc(N2C(=O)NC(=O)/C(=C\c3cc(I)c(OS(=O)(=O)c4ccc(C)cc4)c(OCC)c3)C2=O)cc1. The van der Waals surface area contributed by atoms with E-state index in [0.29, 0.717) is 9.13 Å². The first-order valence-electron chi connectivity index (χ1n) is 12.6. The lowest BCUT2D eigenvalue weighted by Gasteiger charge is -2.26. The van der Waals surface area contributed by atoms with Crippen molar-refractivity contribution in [3.63, 3.8) is 0 Å². The lowest BCUT2D eigenvalue weighted by molar-refractivity contribution is -0.122. The molecule has 11 nitrogen and oxygen atoms in total. The molecule has 0 aromatic heterocycles. The molecule has 1 aliphatic rings. The number of amides is 4. The normalized spacial score (nSPS) is 14.5. The monoisotopic (exact) mass is 704 g/mol. The van der Waals surface area contributed by atoms with Crippen LogP contribution >= 0.6 is 22.6 Å². The van der Waals surface area contributed by atoms with Crippen LogP contribution in [0.25, 0.3) is 6.08 Å². The molecule has 1 aliphatic heterocycles. The minimum absolute atomic E-state index is 0.0398. The lowest BCUT2D eigenvalue weighted by atomic mass is 10.1. The molecule has 3 aromatic rings. The quantitative estimate of drug-likeness (QED) is 0.111. The van der Waals surface area contributed by atoms with Gasteiger partial charge in [0.2, 0.25) is 0 Å². The van der Waals surface area contributed by atoms with Gasteiger partial charge in [0.25, 0.3) is 11.8 Å². The van der Waals surface area contributed by atoms with E-state index in [0.717, 1.165) is 10.5 Å². The molecule has 13 heteroatoms. The molecule has 218 valence electrons. The number of aryl methyl sites for hydroxylation is 1. The third kappa shape index (κ3) is 6.62. The van der Waals surface area contributed by atoms with Crippen molar-refractivity contribution in [3.05, 3.63) is 86.5 Å². The van der Waals surface area contributed by atoms with Crippen molar-refractivity contribution in [2.24, 2.45) is 0 Å². The van der Waals surface area contributed by atoms with Crippen molar-refractivity contribution < 1.29 is 41.3 Å².